The Balaban J connectivity index is 1.63. The first kappa shape index (κ1) is 14.0. The fourth-order valence-electron chi connectivity index (χ4n) is 6.84. The molecule has 4 rings (SSSR count). The molecule has 0 N–H and O–H groups in total. The van der Waals surface area contributed by atoms with E-state index < -0.39 is 0 Å². The van der Waals surface area contributed by atoms with Crippen LogP contribution in [0.1, 0.15) is 71.6 Å². The fourth-order valence-corrected chi connectivity index (χ4v) is 6.84. The monoisotopic (exact) mass is 288 g/mol. The van der Waals surface area contributed by atoms with Crippen LogP contribution in [-0.4, -0.2) is 11.6 Å². The summed E-state index contributed by atoms with van der Waals surface area (Å²) in [6, 6.07) is 0. The Morgan fingerprint density at radius 2 is 1.52 bits per heavy atom. The average Bonchev–Trinajstić information content (AvgIpc) is 2.73. The highest BCUT2D eigenvalue weighted by atomic mass is 16.1. The van der Waals surface area contributed by atoms with E-state index in [-0.39, 0.29) is 10.8 Å². The van der Waals surface area contributed by atoms with Crippen LogP contribution in [0.2, 0.25) is 0 Å². The number of hydrogen-bond acceptors (Lipinski definition) is 2. The summed E-state index contributed by atoms with van der Waals surface area (Å²) >= 11 is 0. The molecular formula is C19H28O2. The molecule has 0 saturated heterocycles. The molecule has 0 spiro atoms. The summed E-state index contributed by atoms with van der Waals surface area (Å²) in [6.07, 6.45) is 9.53. The van der Waals surface area contributed by atoms with E-state index in [1.165, 1.54) is 19.3 Å². The number of carbonyl (C=O) groups excluding carboxylic acids is 2. The van der Waals surface area contributed by atoms with Crippen molar-refractivity contribution in [2.45, 2.75) is 71.6 Å². The van der Waals surface area contributed by atoms with E-state index in [1.807, 2.05) is 0 Å². The van der Waals surface area contributed by atoms with Crippen molar-refractivity contribution in [3.63, 3.8) is 0 Å². The topological polar surface area (TPSA) is 34.1 Å². The predicted octanol–water partition coefficient (Wildman–Crippen LogP) is 4.17. The second-order valence-corrected chi connectivity index (χ2v) is 8.91. The lowest BCUT2D eigenvalue weighted by Gasteiger charge is -2.57. The third kappa shape index (κ3) is 1.83. The van der Waals surface area contributed by atoms with Crippen molar-refractivity contribution in [2.75, 3.05) is 0 Å². The molecule has 116 valence electrons. The fraction of sp³-hybridized carbons (Fsp3) is 0.895. The second kappa shape index (κ2) is 4.43. The third-order valence-electron chi connectivity index (χ3n) is 8.00. The van der Waals surface area contributed by atoms with Crippen molar-refractivity contribution >= 4 is 11.6 Å². The highest BCUT2D eigenvalue weighted by molar-refractivity contribution is 5.87. The molecule has 21 heavy (non-hydrogen) atoms. The maximum absolute atomic E-state index is 12.3. The lowest BCUT2D eigenvalue weighted by molar-refractivity contribution is -0.140. The van der Waals surface area contributed by atoms with Crippen molar-refractivity contribution in [1.82, 2.24) is 0 Å². The summed E-state index contributed by atoms with van der Waals surface area (Å²) < 4.78 is 0. The molecule has 0 unspecified atom stereocenters. The van der Waals surface area contributed by atoms with Gasteiger partial charge in [0, 0.05) is 24.7 Å². The zero-order valence-corrected chi connectivity index (χ0v) is 13.5. The number of rotatable bonds is 0. The Morgan fingerprint density at radius 1 is 0.857 bits per heavy atom. The summed E-state index contributed by atoms with van der Waals surface area (Å²) in [5.41, 5.74) is 0.270. The zero-order valence-electron chi connectivity index (χ0n) is 13.5. The Kier molecular flexibility index (Phi) is 2.94. The van der Waals surface area contributed by atoms with E-state index >= 15 is 0 Å². The van der Waals surface area contributed by atoms with Gasteiger partial charge in [-0.2, -0.15) is 0 Å². The van der Waals surface area contributed by atoms with E-state index in [2.05, 4.69) is 13.8 Å². The molecule has 0 heterocycles. The molecule has 0 radical (unpaired) electrons. The molecule has 0 aliphatic heterocycles. The van der Waals surface area contributed by atoms with Gasteiger partial charge >= 0.3 is 0 Å². The van der Waals surface area contributed by atoms with Gasteiger partial charge in [0.05, 0.1) is 0 Å². The number of ketones is 2. The molecule has 4 fully saturated rings. The predicted molar refractivity (Wildman–Crippen MR) is 81.7 cm³/mol. The molecule has 2 nitrogen and oxygen atoms in total. The van der Waals surface area contributed by atoms with Crippen LogP contribution in [0, 0.1) is 34.5 Å². The average molecular weight is 288 g/mol. The quantitative estimate of drug-likeness (QED) is 0.670. The van der Waals surface area contributed by atoms with Gasteiger partial charge in [0.15, 0.2) is 0 Å². The summed E-state index contributed by atoms with van der Waals surface area (Å²) in [6.45, 7) is 4.62. The third-order valence-corrected chi connectivity index (χ3v) is 8.00. The van der Waals surface area contributed by atoms with Crippen LogP contribution in [0.4, 0.5) is 0 Å². The summed E-state index contributed by atoms with van der Waals surface area (Å²) in [5.74, 6) is 3.98. The Hall–Kier alpha value is -0.660. The summed E-state index contributed by atoms with van der Waals surface area (Å²) in [7, 11) is 0. The molecular weight excluding hydrogens is 260 g/mol. The van der Waals surface area contributed by atoms with Crippen molar-refractivity contribution < 1.29 is 9.59 Å². The minimum atomic E-state index is -0.000601. The molecule has 0 bridgehead atoms. The van der Waals surface area contributed by atoms with E-state index in [1.54, 1.807) is 0 Å². The molecule has 4 aliphatic carbocycles. The van der Waals surface area contributed by atoms with Crippen LogP contribution in [0.5, 0.6) is 0 Å². The van der Waals surface area contributed by atoms with Crippen LogP contribution in [0.3, 0.4) is 0 Å². The molecule has 0 aromatic heterocycles. The number of Topliss-reactive ketones (excluding diaryl/α,β-unsaturated/α-hetero) is 2. The van der Waals surface area contributed by atoms with Gasteiger partial charge in [-0.1, -0.05) is 13.8 Å². The van der Waals surface area contributed by atoms with E-state index in [0.717, 1.165) is 56.3 Å². The highest BCUT2D eigenvalue weighted by Gasteiger charge is 2.59. The lowest BCUT2D eigenvalue weighted by atomic mass is 9.47. The van der Waals surface area contributed by atoms with Crippen molar-refractivity contribution in [3.8, 4) is 0 Å². The normalized spacial score (nSPS) is 53.0. The van der Waals surface area contributed by atoms with Gasteiger partial charge in [-0.05, 0) is 67.6 Å². The largest absolute Gasteiger partial charge is 0.300 e. The Labute approximate surface area is 128 Å². The van der Waals surface area contributed by atoms with E-state index in [9.17, 15) is 9.59 Å². The van der Waals surface area contributed by atoms with Gasteiger partial charge in [0.1, 0.15) is 11.6 Å². The van der Waals surface area contributed by atoms with E-state index in [0.29, 0.717) is 17.5 Å². The van der Waals surface area contributed by atoms with Crippen molar-refractivity contribution in [1.29, 1.82) is 0 Å². The molecule has 0 aromatic rings. The number of hydrogen-bond donors (Lipinski definition) is 0. The molecule has 4 aliphatic rings. The van der Waals surface area contributed by atoms with Crippen LogP contribution in [0.25, 0.3) is 0 Å². The smallest absolute Gasteiger partial charge is 0.139 e. The number of fused-ring (bicyclic) bond motifs is 5. The van der Waals surface area contributed by atoms with Gasteiger partial charge in [-0.3, -0.25) is 9.59 Å². The SMILES string of the molecule is C[C@]12CC[C@@H]3[C@H](CC[C@]4(C)C(=O)CC[C@@H]34)[C@H]1CCC(=O)C2. The summed E-state index contributed by atoms with van der Waals surface area (Å²) in [4.78, 5) is 24.3. The van der Waals surface area contributed by atoms with Crippen molar-refractivity contribution in [2.24, 2.45) is 34.5 Å². The molecule has 0 aromatic carbocycles. The Bertz CT molecular complexity index is 496. The minimum absolute atomic E-state index is 0.000601. The molecule has 4 saturated carbocycles. The van der Waals surface area contributed by atoms with Crippen LogP contribution in [-0.2, 0) is 9.59 Å². The first-order chi connectivity index (χ1) is 9.94. The summed E-state index contributed by atoms with van der Waals surface area (Å²) in [5, 5.41) is 0. The van der Waals surface area contributed by atoms with Gasteiger partial charge in [-0.25, -0.2) is 0 Å². The van der Waals surface area contributed by atoms with Gasteiger partial charge in [-0.15, -0.1) is 0 Å². The minimum Gasteiger partial charge on any atom is -0.300 e. The van der Waals surface area contributed by atoms with Crippen molar-refractivity contribution in [3.05, 3.63) is 0 Å². The Morgan fingerprint density at radius 3 is 2.33 bits per heavy atom. The first-order valence-electron chi connectivity index (χ1n) is 8.99. The van der Waals surface area contributed by atoms with Crippen LogP contribution >= 0.6 is 0 Å². The highest BCUT2D eigenvalue weighted by Crippen LogP contribution is 2.63. The zero-order chi connectivity index (χ0) is 14.8. The maximum Gasteiger partial charge on any atom is 0.139 e. The molecule has 2 heteroatoms. The van der Waals surface area contributed by atoms with E-state index in [4.69, 9.17) is 0 Å². The standard InChI is InChI=1S/C19H28O2/c1-18-9-7-14-13(15(18)4-3-12(20)11-18)8-10-19(2)16(14)5-6-17(19)21/h13-16H,3-11H2,1-2H3/t13-,14+,15+,16-,18+,19-/m0/s1. The van der Waals surface area contributed by atoms with Gasteiger partial charge in [0.25, 0.3) is 0 Å². The van der Waals surface area contributed by atoms with Gasteiger partial charge < -0.3 is 0 Å². The van der Waals surface area contributed by atoms with Gasteiger partial charge in [0.2, 0.25) is 0 Å². The molecule has 6 atom stereocenters. The van der Waals surface area contributed by atoms with Crippen LogP contribution < -0.4 is 0 Å². The first-order valence-corrected chi connectivity index (χ1v) is 8.99. The second-order valence-electron chi connectivity index (χ2n) is 8.91. The number of carbonyl (C=O) groups is 2. The lowest BCUT2D eigenvalue weighted by Crippen LogP contribution is -2.52. The maximum atomic E-state index is 12.3. The van der Waals surface area contributed by atoms with Crippen LogP contribution in [0.15, 0.2) is 0 Å². The molecule has 0 amide bonds.